The van der Waals surface area contributed by atoms with E-state index >= 15 is 0 Å². The summed E-state index contributed by atoms with van der Waals surface area (Å²) in [6, 6.07) is 9.88. The molecule has 7 nitrogen and oxygen atoms in total. The van der Waals surface area contributed by atoms with Crippen molar-refractivity contribution in [3.63, 3.8) is 0 Å². The highest BCUT2D eigenvalue weighted by Crippen LogP contribution is 2.50. The smallest absolute Gasteiger partial charge is 0.430 e. The summed E-state index contributed by atoms with van der Waals surface area (Å²) in [5, 5.41) is 11.1. The molecule has 3 atom stereocenters. The minimum Gasteiger partial charge on any atom is -0.497 e. The molecule has 0 bridgehead atoms. The molecule has 2 amide bonds. The number of benzene rings is 2. The van der Waals surface area contributed by atoms with Crippen molar-refractivity contribution in [2.24, 2.45) is 17.8 Å². The van der Waals surface area contributed by atoms with Gasteiger partial charge in [-0.25, -0.2) is 0 Å². The molecule has 0 spiro atoms. The van der Waals surface area contributed by atoms with Crippen molar-refractivity contribution in [2.45, 2.75) is 37.5 Å². The van der Waals surface area contributed by atoms with Crippen LogP contribution in [0.15, 0.2) is 42.5 Å². The number of amides is 2. The molecule has 4 rings (SSSR count). The molecule has 0 radical (unpaired) electrons. The lowest BCUT2D eigenvalue weighted by Crippen LogP contribution is -2.57. The molecule has 1 saturated heterocycles. The fourth-order valence-corrected chi connectivity index (χ4v) is 5.78. The molecule has 1 N–H and O–H groups in total. The van der Waals surface area contributed by atoms with Gasteiger partial charge in [-0.2, -0.15) is 13.2 Å². The van der Waals surface area contributed by atoms with Gasteiger partial charge in [0.1, 0.15) is 11.5 Å². The Morgan fingerprint density at radius 2 is 1.80 bits per heavy atom. The quantitative estimate of drug-likeness (QED) is 0.443. The molecule has 2 aromatic carbocycles. The van der Waals surface area contributed by atoms with Crippen LogP contribution in [0.2, 0.25) is 5.02 Å². The largest absolute Gasteiger partial charge is 0.497 e. The maximum Gasteiger partial charge on any atom is 0.430 e. The summed E-state index contributed by atoms with van der Waals surface area (Å²) < 4.78 is 53.1. The highest BCUT2D eigenvalue weighted by atomic mass is 35.5. The van der Waals surface area contributed by atoms with Crippen LogP contribution in [0.4, 0.5) is 13.2 Å². The van der Waals surface area contributed by atoms with Crippen molar-refractivity contribution >= 4 is 23.4 Å². The van der Waals surface area contributed by atoms with Crippen LogP contribution in [0.5, 0.6) is 11.5 Å². The van der Waals surface area contributed by atoms with E-state index in [2.05, 4.69) is 0 Å². The number of halogens is 4. The lowest BCUT2D eigenvalue weighted by molar-refractivity contribution is -0.262. The zero-order valence-electron chi connectivity index (χ0n) is 22.7. The summed E-state index contributed by atoms with van der Waals surface area (Å²) in [6.45, 7) is 0.791. The zero-order chi connectivity index (χ0) is 29.2. The maximum absolute atomic E-state index is 14.1. The first-order chi connectivity index (χ1) is 18.9. The van der Waals surface area contributed by atoms with Gasteiger partial charge in [-0.05, 0) is 73.8 Å². The molecule has 0 unspecified atom stereocenters. The van der Waals surface area contributed by atoms with Crippen LogP contribution in [0.25, 0.3) is 0 Å². The molecule has 1 saturated carbocycles. The van der Waals surface area contributed by atoms with Crippen LogP contribution in [0.1, 0.15) is 41.6 Å². The monoisotopic (exact) mass is 582 g/mol. The van der Waals surface area contributed by atoms with Crippen LogP contribution in [0.3, 0.4) is 0 Å². The number of methoxy groups -OCH3 is 1. The summed E-state index contributed by atoms with van der Waals surface area (Å²) in [5.41, 5.74) is -3.80. The third-order valence-corrected chi connectivity index (χ3v) is 8.26. The Morgan fingerprint density at radius 1 is 1.10 bits per heavy atom. The fourth-order valence-electron chi connectivity index (χ4n) is 5.52. The van der Waals surface area contributed by atoms with Gasteiger partial charge in [0.25, 0.3) is 17.4 Å². The van der Waals surface area contributed by atoms with Gasteiger partial charge in [-0.3, -0.25) is 9.59 Å². The highest BCUT2D eigenvalue weighted by Gasteiger charge is 2.62. The van der Waals surface area contributed by atoms with Gasteiger partial charge in [0, 0.05) is 32.7 Å². The lowest BCUT2D eigenvalue weighted by Gasteiger charge is -2.38. The van der Waals surface area contributed by atoms with Crippen LogP contribution < -0.4 is 9.47 Å². The molecular weight excluding hydrogens is 549 g/mol. The molecule has 0 aromatic heterocycles. The second-order valence-electron chi connectivity index (χ2n) is 10.7. The number of rotatable bonds is 9. The number of alkyl halides is 3. The van der Waals surface area contributed by atoms with E-state index in [1.807, 2.05) is 0 Å². The Hall–Kier alpha value is -2.98. The molecular formula is C29H34ClF3N2O5. The van der Waals surface area contributed by atoms with Gasteiger partial charge in [0.2, 0.25) is 0 Å². The van der Waals surface area contributed by atoms with E-state index < -0.39 is 23.2 Å². The van der Waals surface area contributed by atoms with E-state index in [0.717, 1.165) is 29.9 Å². The first-order valence-electron chi connectivity index (χ1n) is 13.2. The van der Waals surface area contributed by atoms with Crippen LogP contribution in [0, 0.1) is 17.8 Å². The average molecular weight is 583 g/mol. The zero-order valence-corrected chi connectivity index (χ0v) is 23.5. The Kier molecular flexibility index (Phi) is 8.89. The van der Waals surface area contributed by atoms with Crippen molar-refractivity contribution in [3.05, 3.63) is 58.6 Å². The molecule has 1 heterocycles. The number of hydrogen-bond donors (Lipinski definition) is 1. The number of hydrogen-bond acceptors (Lipinski definition) is 5. The topological polar surface area (TPSA) is 79.3 Å². The number of ether oxygens (including phenoxy) is 2. The molecule has 1 aliphatic carbocycles. The van der Waals surface area contributed by atoms with Crippen molar-refractivity contribution in [1.82, 2.24) is 9.80 Å². The standard InChI is InChI=1S/C29H34ClF3N2O5/c1-34(2)26(36)23-8-7-22(17-25(23)30)40-14-11-19-15-24(19)18-9-12-35(13-10-18)27(37)28(38,29(31,32)33)20-5-4-6-21(16-20)39-3/h4-8,16-19,24,38H,9-15H2,1-3H3/t19-,24-,28-/m1/s1. The van der Waals surface area contributed by atoms with E-state index in [9.17, 15) is 27.9 Å². The number of piperidine rings is 1. The minimum absolute atomic E-state index is 0.120. The van der Waals surface area contributed by atoms with Crippen LogP contribution >= 0.6 is 11.6 Å². The van der Waals surface area contributed by atoms with Gasteiger partial charge < -0.3 is 24.4 Å². The fraction of sp³-hybridized carbons (Fsp3) is 0.517. The maximum atomic E-state index is 14.1. The number of nitrogens with zero attached hydrogens (tertiary/aromatic N) is 2. The molecule has 2 fully saturated rings. The Morgan fingerprint density at radius 3 is 2.40 bits per heavy atom. The molecule has 11 heteroatoms. The second-order valence-corrected chi connectivity index (χ2v) is 11.1. The third-order valence-electron chi connectivity index (χ3n) is 7.95. The SMILES string of the molecule is COc1cccc([C@@](O)(C(=O)N2CCC([C@H]3C[C@H]3CCOc3ccc(C(=O)N(C)C)c(Cl)c3)CC2)C(F)(F)F)c1. The molecule has 2 aliphatic rings. The summed E-state index contributed by atoms with van der Waals surface area (Å²) >= 11 is 6.24. The van der Waals surface area contributed by atoms with Crippen molar-refractivity contribution in [2.75, 3.05) is 40.9 Å². The molecule has 218 valence electrons. The van der Waals surface area contributed by atoms with E-state index in [-0.39, 0.29) is 24.7 Å². The highest BCUT2D eigenvalue weighted by molar-refractivity contribution is 6.34. The first-order valence-corrected chi connectivity index (χ1v) is 13.6. The normalized spacial score (nSPS) is 20.9. The number of carbonyl (C=O) groups is 2. The Balaban J connectivity index is 1.28. The van der Waals surface area contributed by atoms with E-state index in [0.29, 0.717) is 53.5 Å². The molecule has 1 aliphatic heterocycles. The molecule has 2 aromatic rings. The van der Waals surface area contributed by atoms with Crippen LogP contribution in [-0.4, -0.2) is 73.8 Å². The van der Waals surface area contributed by atoms with E-state index in [4.69, 9.17) is 21.1 Å². The summed E-state index contributed by atoms with van der Waals surface area (Å²) in [6.07, 6.45) is -2.20. The predicted octanol–water partition coefficient (Wildman–Crippen LogP) is 5.14. The third kappa shape index (κ3) is 6.17. The van der Waals surface area contributed by atoms with E-state index in [1.54, 1.807) is 32.3 Å². The number of likely N-dealkylation sites (tertiary alicyclic amines) is 1. The van der Waals surface area contributed by atoms with Crippen molar-refractivity contribution in [3.8, 4) is 11.5 Å². The van der Waals surface area contributed by atoms with Gasteiger partial charge in [-0.1, -0.05) is 23.7 Å². The summed E-state index contributed by atoms with van der Waals surface area (Å²) in [7, 11) is 4.61. The number of aliphatic hydroxyl groups is 1. The van der Waals surface area contributed by atoms with Gasteiger partial charge in [-0.15, -0.1) is 0 Å². The molecule has 40 heavy (non-hydrogen) atoms. The van der Waals surface area contributed by atoms with Gasteiger partial charge >= 0.3 is 6.18 Å². The van der Waals surface area contributed by atoms with Crippen molar-refractivity contribution in [1.29, 1.82) is 0 Å². The van der Waals surface area contributed by atoms with Gasteiger partial charge in [0.05, 0.1) is 24.3 Å². The first kappa shape index (κ1) is 30.0. The predicted molar refractivity (Wildman–Crippen MR) is 143 cm³/mol. The average Bonchev–Trinajstić information content (AvgIpc) is 3.71. The Labute approximate surface area is 236 Å². The second kappa shape index (κ2) is 11.9. The number of carbonyl (C=O) groups excluding carboxylic acids is 2. The Bertz CT molecular complexity index is 1230. The van der Waals surface area contributed by atoms with E-state index in [1.165, 1.54) is 24.1 Å². The van der Waals surface area contributed by atoms with Crippen LogP contribution in [-0.2, 0) is 10.4 Å². The lowest BCUT2D eigenvalue weighted by atomic mass is 9.87. The minimum atomic E-state index is -5.19. The van der Waals surface area contributed by atoms with Crippen molar-refractivity contribution < 1.29 is 37.3 Å². The van der Waals surface area contributed by atoms with Gasteiger partial charge in [0.15, 0.2) is 0 Å². The summed E-state index contributed by atoms with van der Waals surface area (Å²) in [5.74, 6) is 0.339. The summed E-state index contributed by atoms with van der Waals surface area (Å²) in [4.78, 5) is 27.8.